The predicted octanol–water partition coefficient (Wildman–Crippen LogP) is 1.35. The third-order valence-corrected chi connectivity index (χ3v) is 2.48. The van der Waals surface area contributed by atoms with Gasteiger partial charge in [-0.2, -0.15) is 0 Å². The van der Waals surface area contributed by atoms with Crippen LogP contribution in [0.5, 0.6) is 0 Å². The molecule has 0 aromatic carbocycles. The molecule has 78 valence electrons. The van der Waals surface area contributed by atoms with E-state index in [1.807, 2.05) is 0 Å². The van der Waals surface area contributed by atoms with Gasteiger partial charge in [-0.15, -0.1) is 0 Å². The van der Waals surface area contributed by atoms with Crippen LogP contribution in [0.25, 0.3) is 0 Å². The molecule has 5 heteroatoms. The second-order valence-electron chi connectivity index (χ2n) is 3.61. The normalized spacial score (nSPS) is 10.9. The molecule has 0 aliphatic heterocycles. The number of nitrogens with zero attached hydrogens (tertiary/aromatic N) is 1. The molecule has 0 atom stereocenters. The van der Waals surface area contributed by atoms with Crippen LogP contribution < -0.4 is 11.2 Å². The van der Waals surface area contributed by atoms with Crippen molar-refractivity contribution in [3.05, 3.63) is 31.5 Å². The van der Waals surface area contributed by atoms with Gasteiger partial charge in [0.25, 0.3) is 5.56 Å². The van der Waals surface area contributed by atoms with E-state index in [0.717, 1.165) is 6.42 Å². The fourth-order valence-electron chi connectivity index (χ4n) is 1.05. The first-order valence-corrected chi connectivity index (χ1v) is 5.29. The van der Waals surface area contributed by atoms with E-state index in [-0.39, 0.29) is 11.2 Å². The third kappa shape index (κ3) is 2.83. The zero-order valence-corrected chi connectivity index (χ0v) is 9.80. The van der Waals surface area contributed by atoms with Crippen LogP contribution in [-0.4, -0.2) is 9.55 Å². The molecule has 1 N–H and O–H groups in total. The van der Waals surface area contributed by atoms with Gasteiger partial charge in [0, 0.05) is 12.7 Å². The lowest BCUT2D eigenvalue weighted by Gasteiger charge is -2.07. The van der Waals surface area contributed by atoms with Crippen molar-refractivity contribution in [3.63, 3.8) is 0 Å². The van der Waals surface area contributed by atoms with Gasteiger partial charge in [0.1, 0.15) is 0 Å². The van der Waals surface area contributed by atoms with Gasteiger partial charge in [0.15, 0.2) is 0 Å². The van der Waals surface area contributed by atoms with Crippen LogP contribution in [0, 0.1) is 5.92 Å². The Bertz CT molecular complexity index is 420. The van der Waals surface area contributed by atoms with Gasteiger partial charge in [0.05, 0.1) is 4.47 Å². The van der Waals surface area contributed by atoms with E-state index >= 15 is 0 Å². The number of aromatic amines is 1. The Kier molecular flexibility index (Phi) is 3.69. The molecule has 1 heterocycles. The predicted molar refractivity (Wildman–Crippen MR) is 58.5 cm³/mol. The zero-order valence-electron chi connectivity index (χ0n) is 8.21. The van der Waals surface area contributed by atoms with Gasteiger partial charge >= 0.3 is 5.69 Å². The van der Waals surface area contributed by atoms with E-state index < -0.39 is 0 Å². The molecule has 0 radical (unpaired) electrons. The van der Waals surface area contributed by atoms with Crippen LogP contribution in [0.2, 0.25) is 0 Å². The van der Waals surface area contributed by atoms with E-state index in [2.05, 4.69) is 34.8 Å². The Hall–Kier alpha value is -0.840. The number of nitrogens with one attached hydrogen (secondary N) is 1. The number of H-pyrrole nitrogens is 1. The van der Waals surface area contributed by atoms with Gasteiger partial charge in [-0.3, -0.25) is 14.3 Å². The van der Waals surface area contributed by atoms with E-state index in [0.29, 0.717) is 16.9 Å². The number of aromatic nitrogens is 2. The third-order valence-electron chi connectivity index (χ3n) is 1.91. The molecule has 14 heavy (non-hydrogen) atoms. The molecule has 0 amide bonds. The monoisotopic (exact) mass is 260 g/mol. The average molecular weight is 261 g/mol. The zero-order chi connectivity index (χ0) is 10.7. The summed E-state index contributed by atoms with van der Waals surface area (Å²) < 4.78 is 1.90. The van der Waals surface area contributed by atoms with Crippen molar-refractivity contribution in [2.24, 2.45) is 5.92 Å². The number of aryl methyl sites for hydroxylation is 1. The molecule has 0 unspecified atom stereocenters. The van der Waals surface area contributed by atoms with Crippen molar-refractivity contribution in [3.8, 4) is 0 Å². The fraction of sp³-hybridized carbons (Fsp3) is 0.556. The van der Waals surface area contributed by atoms with Crippen molar-refractivity contribution >= 4 is 15.9 Å². The van der Waals surface area contributed by atoms with Crippen LogP contribution in [0.15, 0.2) is 20.3 Å². The van der Waals surface area contributed by atoms with Crippen LogP contribution in [0.4, 0.5) is 0 Å². The molecule has 0 aliphatic carbocycles. The van der Waals surface area contributed by atoms with Crippen LogP contribution in [-0.2, 0) is 6.54 Å². The maximum absolute atomic E-state index is 11.3. The fourth-order valence-corrected chi connectivity index (χ4v) is 1.39. The van der Waals surface area contributed by atoms with E-state index in [4.69, 9.17) is 0 Å². The van der Waals surface area contributed by atoms with Crippen molar-refractivity contribution in [2.45, 2.75) is 26.8 Å². The summed E-state index contributed by atoms with van der Waals surface area (Å²) in [6.07, 6.45) is 2.45. The topological polar surface area (TPSA) is 54.9 Å². The Morgan fingerprint density at radius 1 is 1.50 bits per heavy atom. The van der Waals surface area contributed by atoms with Gasteiger partial charge in [-0.1, -0.05) is 13.8 Å². The highest BCUT2D eigenvalue weighted by atomic mass is 79.9. The minimum atomic E-state index is -0.379. The molecule has 0 saturated carbocycles. The van der Waals surface area contributed by atoms with Crippen molar-refractivity contribution in [1.29, 1.82) is 0 Å². The molecule has 1 aromatic rings. The molecule has 4 nitrogen and oxygen atoms in total. The summed E-state index contributed by atoms with van der Waals surface area (Å²) in [6.45, 7) is 4.81. The quantitative estimate of drug-likeness (QED) is 0.892. The van der Waals surface area contributed by atoms with Crippen molar-refractivity contribution in [2.75, 3.05) is 0 Å². The number of rotatable bonds is 3. The Labute approximate surface area is 90.1 Å². The first kappa shape index (κ1) is 11.2. The molecule has 0 saturated heterocycles. The van der Waals surface area contributed by atoms with Gasteiger partial charge in [0.2, 0.25) is 0 Å². The van der Waals surface area contributed by atoms with Gasteiger partial charge in [-0.25, -0.2) is 4.79 Å². The lowest BCUT2D eigenvalue weighted by atomic mass is 10.1. The Morgan fingerprint density at radius 3 is 2.71 bits per heavy atom. The minimum Gasteiger partial charge on any atom is -0.299 e. The summed E-state index contributed by atoms with van der Waals surface area (Å²) in [5.41, 5.74) is -0.727. The number of hydrogen-bond donors (Lipinski definition) is 1. The molecule has 1 rings (SSSR count). The summed E-state index contributed by atoms with van der Waals surface area (Å²) >= 11 is 3.08. The molecular formula is C9H13BrN2O2. The largest absolute Gasteiger partial charge is 0.328 e. The summed E-state index contributed by atoms with van der Waals surface area (Å²) in [6, 6.07) is 0. The molecule has 0 aliphatic rings. The lowest BCUT2D eigenvalue weighted by Crippen LogP contribution is -2.30. The van der Waals surface area contributed by atoms with E-state index in [1.54, 1.807) is 0 Å². The molecule has 0 fully saturated rings. The second-order valence-corrected chi connectivity index (χ2v) is 4.47. The standard InChI is InChI=1S/C9H13BrN2O2/c1-6(2)3-4-12-5-7(10)8(13)11-9(12)14/h5-6H,3-4H2,1-2H3,(H,11,13,14). The maximum atomic E-state index is 11.3. The van der Waals surface area contributed by atoms with Crippen LogP contribution >= 0.6 is 15.9 Å². The van der Waals surface area contributed by atoms with Crippen LogP contribution in [0.3, 0.4) is 0 Å². The smallest absolute Gasteiger partial charge is 0.299 e. The molecular weight excluding hydrogens is 248 g/mol. The summed E-state index contributed by atoms with van der Waals surface area (Å²) in [7, 11) is 0. The molecule has 0 spiro atoms. The molecule has 0 bridgehead atoms. The minimum absolute atomic E-state index is 0.348. The van der Waals surface area contributed by atoms with Gasteiger partial charge in [-0.05, 0) is 28.3 Å². The Balaban J connectivity index is 2.93. The highest BCUT2D eigenvalue weighted by Gasteiger charge is 2.02. The van der Waals surface area contributed by atoms with Crippen molar-refractivity contribution < 1.29 is 0 Å². The second kappa shape index (κ2) is 4.59. The first-order valence-electron chi connectivity index (χ1n) is 4.50. The highest BCUT2D eigenvalue weighted by molar-refractivity contribution is 9.10. The Morgan fingerprint density at radius 2 is 2.14 bits per heavy atom. The highest BCUT2D eigenvalue weighted by Crippen LogP contribution is 2.03. The van der Waals surface area contributed by atoms with E-state index in [1.165, 1.54) is 10.8 Å². The summed E-state index contributed by atoms with van der Waals surface area (Å²) in [5, 5.41) is 0. The number of hydrogen-bond acceptors (Lipinski definition) is 2. The van der Waals surface area contributed by atoms with E-state index in [9.17, 15) is 9.59 Å². The van der Waals surface area contributed by atoms with Crippen molar-refractivity contribution in [1.82, 2.24) is 9.55 Å². The average Bonchev–Trinajstić information content (AvgIpc) is 2.09. The summed E-state index contributed by atoms with van der Waals surface area (Å²) in [5.74, 6) is 0.535. The lowest BCUT2D eigenvalue weighted by molar-refractivity contribution is 0.500. The maximum Gasteiger partial charge on any atom is 0.328 e. The number of halogens is 1. The van der Waals surface area contributed by atoms with Crippen LogP contribution in [0.1, 0.15) is 20.3 Å². The first-order chi connectivity index (χ1) is 6.50. The molecule has 1 aromatic heterocycles. The SMILES string of the molecule is CC(C)CCn1cc(Br)c(=O)[nH]c1=O. The van der Waals surface area contributed by atoms with Gasteiger partial charge < -0.3 is 0 Å². The summed E-state index contributed by atoms with van der Waals surface area (Å²) in [4.78, 5) is 24.5.